The molecule has 2 N–H and O–H groups in total. The molecule has 1 aromatic carbocycles. The second-order valence-electron chi connectivity index (χ2n) is 4.00. The van der Waals surface area contributed by atoms with E-state index in [-0.39, 0.29) is 6.04 Å². The van der Waals surface area contributed by atoms with Gasteiger partial charge in [-0.2, -0.15) is 0 Å². The van der Waals surface area contributed by atoms with Crippen LogP contribution in [0.3, 0.4) is 0 Å². The minimum atomic E-state index is 0.183. The standard InChI is InChI=1S/C11H15N5O/c1-7(2)16-11(13-14-15-16)9-5-4-8(12)6-10(9)17-3/h4-7H,12H2,1-3H3. The van der Waals surface area contributed by atoms with E-state index in [1.807, 2.05) is 19.9 Å². The molecule has 6 nitrogen and oxygen atoms in total. The lowest BCUT2D eigenvalue weighted by Crippen LogP contribution is -2.06. The van der Waals surface area contributed by atoms with E-state index in [1.54, 1.807) is 23.9 Å². The number of rotatable bonds is 3. The van der Waals surface area contributed by atoms with Gasteiger partial charge in [-0.15, -0.1) is 5.10 Å². The molecule has 0 radical (unpaired) electrons. The first-order valence-electron chi connectivity index (χ1n) is 5.35. The van der Waals surface area contributed by atoms with Gasteiger partial charge in [-0.25, -0.2) is 4.68 Å². The Hall–Kier alpha value is -2.11. The number of methoxy groups -OCH3 is 1. The van der Waals surface area contributed by atoms with Crippen LogP contribution in [0.5, 0.6) is 5.75 Å². The highest BCUT2D eigenvalue weighted by Crippen LogP contribution is 2.30. The number of hydrogen-bond donors (Lipinski definition) is 1. The SMILES string of the molecule is COc1cc(N)ccc1-c1nnnn1C(C)C. The van der Waals surface area contributed by atoms with Crippen LogP contribution in [-0.2, 0) is 0 Å². The zero-order valence-corrected chi connectivity index (χ0v) is 10.1. The van der Waals surface area contributed by atoms with Crippen LogP contribution in [0.15, 0.2) is 18.2 Å². The number of benzene rings is 1. The van der Waals surface area contributed by atoms with Crippen LogP contribution in [0.2, 0.25) is 0 Å². The molecule has 1 heterocycles. The van der Waals surface area contributed by atoms with Crippen molar-refractivity contribution in [1.82, 2.24) is 20.2 Å². The van der Waals surface area contributed by atoms with Crippen molar-refractivity contribution in [3.63, 3.8) is 0 Å². The smallest absolute Gasteiger partial charge is 0.186 e. The highest BCUT2D eigenvalue weighted by atomic mass is 16.5. The second-order valence-corrected chi connectivity index (χ2v) is 4.00. The molecule has 0 saturated heterocycles. The van der Waals surface area contributed by atoms with Crippen molar-refractivity contribution >= 4 is 5.69 Å². The van der Waals surface area contributed by atoms with E-state index in [4.69, 9.17) is 10.5 Å². The van der Waals surface area contributed by atoms with Crippen molar-refractivity contribution < 1.29 is 4.74 Å². The number of aromatic nitrogens is 4. The number of nitrogens with zero attached hydrogens (tertiary/aromatic N) is 4. The zero-order valence-electron chi connectivity index (χ0n) is 10.1. The Kier molecular flexibility index (Phi) is 2.95. The molecule has 0 saturated carbocycles. The average Bonchev–Trinajstić information content (AvgIpc) is 2.77. The van der Waals surface area contributed by atoms with E-state index in [0.717, 1.165) is 5.56 Å². The third-order valence-electron chi connectivity index (χ3n) is 2.45. The molecule has 2 aromatic rings. The van der Waals surface area contributed by atoms with Gasteiger partial charge < -0.3 is 10.5 Å². The zero-order chi connectivity index (χ0) is 12.4. The largest absolute Gasteiger partial charge is 0.496 e. The molecule has 0 aliphatic heterocycles. The summed E-state index contributed by atoms with van der Waals surface area (Å²) in [5.41, 5.74) is 7.20. The Labute approximate surface area is 99.4 Å². The van der Waals surface area contributed by atoms with Gasteiger partial charge in [0.1, 0.15) is 5.75 Å². The molecule has 0 aliphatic rings. The van der Waals surface area contributed by atoms with E-state index in [2.05, 4.69) is 15.5 Å². The fourth-order valence-electron chi connectivity index (χ4n) is 1.61. The first-order valence-corrected chi connectivity index (χ1v) is 5.35. The summed E-state index contributed by atoms with van der Waals surface area (Å²) < 4.78 is 7.04. The van der Waals surface area contributed by atoms with Crippen LogP contribution in [0.1, 0.15) is 19.9 Å². The Morgan fingerprint density at radius 1 is 1.35 bits per heavy atom. The van der Waals surface area contributed by atoms with Crippen LogP contribution in [0, 0.1) is 0 Å². The summed E-state index contributed by atoms with van der Waals surface area (Å²) in [6.07, 6.45) is 0. The van der Waals surface area contributed by atoms with Gasteiger partial charge in [-0.1, -0.05) is 0 Å². The van der Waals surface area contributed by atoms with Gasteiger partial charge in [0.05, 0.1) is 18.7 Å². The van der Waals surface area contributed by atoms with Crippen molar-refractivity contribution in [1.29, 1.82) is 0 Å². The fraction of sp³-hybridized carbons (Fsp3) is 0.364. The lowest BCUT2D eigenvalue weighted by molar-refractivity contribution is 0.415. The quantitative estimate of drug-likeness (QED) is 0.813. The first-order chi connectivity index (χ1) is 8.13. The van der Waals surface area contributed by atoms with E-state index < -0.39 is 0 Å². The summed E-state index contributed by atoms with van der Waals surface area (Å²) in [5, 5.41) is 11.7. The summed E-state index contributed by atoms with van der Waals surface area (Å²) in [5.74, 6) is 1.35. The predicted octanol–water partition coefficient (Wildman–Crippen LogP) is 1.51. The minimum absolute atomic E-state index is 0.183. The summed E-state index contributed by atoms with van der Waals surface area (Å²) in [6, 6.07) is 5.60. The Morgan fingerprint density at radius 2 is 2.12 bits per heavy atom. The Morgan fingerprint density at radius 3 is 2.76 bits per heavy atom. The number of tetrazole rings is 1. The summed E-state index contributed by atoms with van der Waals surface area (Å²) in [6.45, 7) is 4.03. The lowest BCUT2D eigenvalue weighted by Gasteiger charge is -2.11. The summed E-state index contributed by atoms with van der Waals surface area (Å²) >= 11 is 0. The minimum Gasteiger partial charge on any atom is -0.496 e. The van der Waals surface area contributed by atoms with Crippen molar-refractivity contribution in [2.45, 2.75) is 19.9 Å². The van der Waals surface area contributed by atoms with E-state index in [0.29, 0.717) is 17.3 Å². The number of nitrogens with two attached hydrogens (primary N) is 1. The summed E-state index contributed by atoms with van der Waals surface area (Å²) in [7, 11) is 1.60. The maximum atomic E-state index is 5.72. The molecule has 0 amide bonds. The Balaban J connectivity index is 2.56. The molecule has 0 bridgehead atoms. The molecule has 0 aliphatic carbocycles. The fourth-order valence-corrected chi connectivity index (χ4v) is 1.61. The van der Waals surface area contributed by atoms with Crippen LogP contribution in [0.25, 0.3) is 11.4 Å². The van der Waals surface area contributed by atoms with Crippen LogP contribution in [-0.4, -0.2) is 27.3 Å². The third kappa shape index (κ3) is 2.06. The van der Waals surface area contributed by atoms with Crippen LogP contribution in [0.4, 0.5) is 5.69 Å². The van der Waals surface area contributed by atoms with Gasteiger partial charge in [0.25, 0.3) is 0 Å². The van der Waals surface area contributed by atoms with E-state index in [9.17, 15) is 0 Å². The highest BCUT2D eigenvalue weighted by molar-refractivity contribution is 5.67. The molecule has 0 atom stereocenters. The topological polar surface area (TPSA) is 78.8 Å². The molecule has 0 spiro atoms. The number of hydrogen-bond acceptors (Lipinski definition) is 5. The van der Waals surface area contributed by atoms with E-state index >= 15 is 0 Å². The summed E-state index contributed by atoms with van der Waals surface area (Å²) in [4.78, 5) is 0. The molecule has 90 valence electrons. The molecule has 0 fully saturated rings. The molecule has 2 rings (SSSR count). The van der Waals surface area contributed by atoms with Gasteiger partial charge >= 0.3 is 0 Å². The number of ether oxygens (including phenoxy) is 1. The van der Waals surface area contributed by atoms with Gasteiger partial charge in [-0.3, -0.25) is 0 Å². The first kappa shape index (κ1) is 11.4. The Bertz CT molecular complexity index is 520. The van der Waals surface area contributed by atoms with Crippen molar-refractivity contribution in [3.8, 4) is 17.1 Å². The van der Waals surface area contributed by atoms with Gasteiger partial charge in [0.15, 0.2) is 5.82 Å². The van der Waals surface area contributed by atoms with E-state index in [1.165, 1.54) is 0 Å². The van der Waals surface area contributed by atoms with Crippen molar-refractivity contribution in [3.05, 3.63) is 18.2 Å². The van der Waals surface area contributed by atoms with Gasteiger partial charge in [-0.05, 0) is 36.4 Å². The molecule has 1 aromatic heterocycles. The molecule has 0 unspecified atom stereocenters. The number of anilines is 1. The average molecular weight is 233 g/mol. The maximum absolute atomic E-state index is 5.72. The molecular weight excluding hydrogens is 218 g/mol. The van der Waals surface area contributed by atoms with Crippen molar-refractivity contribution in [2.75, 3.05) is 12.8 Å². The monoisotopic (exact) mass is 233 g/mol. The maximum Gasteiger partial charge on any atom is 0.186 e. The van der Waals surface area contributed by atoms with Gasteiger partial charge in [0.2, 0.25) is 0 Å². The van der Waals surface area contributed by atoms with Gasteiger partial charge in [0, 0.05) is 11.8 Å². The second kappa shape index (κ2) is 4.40. The third-order valence-corrected chi connectivity index (χ3v) is 2.45. The van der Waals surface area contributed by atoms with Crippen LogP contribution < -0.4 is 10.5 Å². The normalized spacial score (nSPS) is 10.8. The highest BCUT2D eigenvalue weighted by Gasteiger charge is 2.15. The van der Waals surface area contributed by atoms with Crippen molar-refractivity contribution in [2.24, 2.45) is 0 Å². The lowest BCUT2D eigenvalue weighted by atomic mass is 10.1. The van der Waals surface area contributed by atoms with Crippen LogP contribution >= 0.6 is 0 Å². The molecular formula is C11H15N5O. The predicted molar refractivity (Wildman–Crippen MR) is 64.6 cm³/mol. The molecule has 17 heavy (non-hydrogen) atoms. The molecule has 6 heteroatoms. The number of nitrogen functional groups attached to an aromatic ring is 1.